The summed E-state index contributed by atoms with van der Waals surface area (Å²) in [5, 5.41) is 12.0. The van der Waals surface area contributed by atoms with Crippen LogP contribution in [0.3, 0.4) is 0 Å². The Labute approximate surface area is 85.2 Å². The van der Waals surface area contributed by atoms with Gasteiger partial charge in [0.05, 0.1) is 0 Å². The molecule has 14 heavy (non-hydrogen) atoms. The topological polar surface area (TPSA) is 49.3 Å². The van der Waals surface area contributed by atoms with Gasteiger partial charge in [0.2, 0.25) is 0 Å². The van der Waals surface area contributed by atoms with Crippen LogP contribution in [0, 0.1) is 0 Å². The zero-order valence-electron chi connectivity index (χ0n) is 8.75. The van der Waals surface area contributed by atoms with E-state index < -0.39 is 5.97 Å². The number of rotatable bonds is 4. The van der Waals surface area contributed by atoms with Gasteiger partial charge in [-0.15, -0.1) is 0 Å². The van der Waals surface area contributed by atoms with Crippen molar-refractivity contribution in [1.82, 2.24) is 5.32 Å². The molecule has 0 radical (unpaired) electrons. The fraction of sp³-hybridized carbons (Fsp3) is 0.727. The van der Waals surface area contributed by atoms with E-state index in [0.717, 1.165) is 0 Å². The van der Waals surface area contributed by atoms with Crippen LogP contribution in [-0.4, -0.2) is 23.7 Å². The summed E-state index contributed by atoms with van der Waals surface area (Å²) in [7, 11) is 0. The minimum atomic E-state index is -0.824. The summed E-state index contributed by atoms with van der Waals surface area (Å²) >= 11 is 0. The Hall–Kier alpha value is -0.830. The largest absolute Gasteiger partial charge is 0.478 e. The molecule has 0 aliphatic heterocycles. The molecule has 0 unspecified atom stereocenters. The highest BCUT2D eigenvalue weighted by molar-refractivity contribution is 5.85. The molecule has 0 amide bonds. The summed E-state index contributed by atoms with van der Waals surface area (Å²) in [5.41, 5.74) is 0.424. The first kappa shape index (κ1) is 11.2. The van der Waals surface area contributed by atoms with Crippen molar-refractivity contribution in [2.75, 3.05) is 6.54 Å². The average Bonchev–Trinajstić information content (AvgIpc) is 2.19. The van der Waals surface area contributed by atoms with Crippen molar-refractivity contribution in [1.29, 1.82) is 0 Å². The first-order valence-corrected chi connectivity index (χ1v) is 5.33. The quantitative estimate of drug-likeness (QED) is 0.677. The normalized spacial score (nSPS) is 19.6. The molecule has 3 heteroatoms. The lowest BCUT2D eigenvalue weighted by atomic mass is 9.95. The predicted molar refractivity (Wildman–Crippen MR) is 56.3 cm³/mol. The van der Waals surface area contributed by atoms with Crippen molar-refractivity contribution < 1.29 is 9.90 Å². The maximum absolute atomic E-state index is 10.5. The molecule has 0 heterocycles. The molecule has 0 aromatic heterocycles. The average molecular weight is 197 g/mol. The van der Waals surface area contributed by atoms with E-state index in [1.54, 1.807) is 13.0 Å². The Morgan fingerprint density at radius 1 is 1.43 bits per heavy atom. The Kier molecular flexibility index (Phi) is 4.66. The second-order valence-corrected chi connectivity index (χ2v) is 3.94. The van der Waals surface area contributed by atoms with Gasteiger partial charge in [-0.05, 0) is 19.8 Å². The maximum Gasteiger partial charge on any atom is 0.330 e. The first-order valence-electron chi connectivity index (χ1n) is 5.33. The Morgan fingerprint density at radius 2 is 2.07 bits per heavy atom. The van der Waals surface area contributed by atoms with Gasteiger partial charge in [0.25, 0.3) is 0 Å². The van der Waals surface area contributed by atoms with Gasteiger partial charge in [-0.2, -0.15) is 0 Å². The third kappa shape index (κ3) is 3.92. The Morgan fingerprint density at radius 3 is 2.64 bits per heavy atom. The van der Waals surface area contributed by atoms with Crippen molar-refractivity contribution in [2.24, 2.45) is 0 Å². The van der Waals surface area contributed by atoms with Crippen molar-refractivity contribution in [2.45, 2.75) is 45.1 Å². The molecule has 0 spiro atoms. The fourth-order valence-corrected chi connectivity index (χ4v) is 1.77. The van der Waals surface area contributed by atoms with E-state index in [1.165, 1.54) is 32.1 Å². The van der Waals surface area contributed by atoms with Gasteiger partial charge in [0.1, 0.15) is 0 Å². The highest BCUT2D eigenvalue weighted by atomic mass is 16.4. The molecule has 1 aliphatic carbocycles. The fourth-order valence-electron chi connectivity index (χ4n) is 1.77. The lowest BCUT2D eigenvalue weighted by Crippen LogP contribution is -2.31. The summed E-state index contributed by atoms with van der Waals surface area (Å²) in [6, 6.07) is 0.599. The number of carboxylic acid groups (broad SMARTS) is 1. The molecule has 1 saturated carbocycles. The van der Waals surface area contributed by atoms with Crippen LogP contribution in [0.1, 0.15) is 39.0 Å². The van der Waals surface area contributed by atoms with Crippen molar-refractivity contribution >= 4 is 5.97 Å². The molecular weight excluding hydrogens is 178 g/mol. The number of aliphatic carboxylic acids is 1. The second-order valence-electron chi connectivity index (χ2n) is 3.94. The van der Waals surface area contributed by atoms with Crippen LogP contribution in [-0.2, 0) is 4.79 Å². The van der Waals surface area contributed by atoms with Crippen molar-refractivity contribution in [3.63, 3.8) is 0 Å². The predicted octanol–water partition coefficient (Wildman–Crippen LogP) is 1.94. The van der Waals surface area contributed by atoms with Gasteiger partial charge in [-0.25, -0.2) is 4.79 Å². The van der Waals surface area contributed by atoms with Gasteiger partial charge in [0, 0.05) is 18.2 Å². The number of hydrogen-bond acceptors (Lipinski definition) is 2. The van der Waals surface area contributed by atoms with Crippen LogP contribution in [0.4, 0.5) is 0 Å². The van der Waals surface area contributed by atoms with Crippen LogP contribution in [0.2, 0.25) is 0 Å². The summed E-state index contributed by atoms with van der Waals surface area (Å²) < 4.78 is 0. The SMILES string of the molecule is CC(=CCNC1CCCCC1)C(=O)O. The first-order chi connectivity index (χ1) is 6.70. The third-order valence-electron chi connectivity index (χ3n) is 2.76. The molecule has 3 nitrogen and oxygen atoms in total. The van der Waals surface area contributed by atoms with Crippen LogP contribution < -0.4 is 5.32 Å². The Bertz CT molecular complexity index is 217. The summed E-state index contributed by atoms with van der Waals surface area (Å²) in [5.74, 6) is -0.824. The monoisotopic (exact) mass is 197 g/mol. The van der Waals surface area contributed by atoms with E-state index in [-0.39, 0.29) is 0 Å². The lowest BCUT2D eigenvalue weighted by molar-refractivity contribution is -0.132. The Balaban J connectivity index is 2.19. The molecular formula is C11H19NO2. The van der Waals surface area contributed by atoms with Gasteiger partial charge in [0.15, 0.2) is 0 Å². The third-order valence-corrected chi connectivity index (χ3v) is 2.76. The molecule has 1 aliphatic rings. The molecule has 0 saturated heterocycles. The number of hydrogen-bond donors (Lipinski definition) is 2. The molecule has 1 rings (SSSR count). The van der Waals surface area contributed by atoms with Crippen molar-refractivity contribution in [3.8, 4) is 0 Å². The van der Waals surface area contributed by atoms with Crippen LogP contribution in [0.25, 0.3) is 0 Å². The molecule has 1 fully saturated rings. The summed E-state index contributed by atoms with van der Waals surface area (Å²) in [6.07, 6.45) is 8.18. The van der Waals surface area contributed by atoms with E-state index in [1.807, 2.05) is 0 Å². The minimum Gasteiger partial charge on any atom is -0.478 e. The lowest BCUT2D eigenvalue weighted by Gasteiger charge is -2.22. The molecule has 0 aromatic carbocycles. The molecule has 0 atom stereocenters. The van der Waals surface area contributed by atoms with E-state index in [9.17, 15) is 4.79 Å². The van der Waals surface area contributed by atoms with Crippen molar-refractivity contribution in [3.05, 3.63) is 11.6 Å². The standard InChI is InChI=1S/C11H19NO2/c1-9(11(13)14)7-8-12-10-5-3-2-4-6-10/h7,10,12H,2-6,8H2,1H3,(H,13,14). The smallest absolute Gasteiger partial charge is 0.330 e. The minimum absolute atomic E-state index is 0.424. The molecule has 0 bridgehead atoms. The number of nitrogens with one attached hydrogen (secondary N) is 1. The highest BCUT2D eigenvalue weighted by Gasteiger charge is 2.11. The van der Waals surface area contributed by atoms with E-state index in [4.69, 9.17) is 5.11 Å². The number of carboxylic acids is 1. The zero-order chi connectivity index (χ0) is 10.4. The van der Waals surface area contributed by atoms with E-state index in [0.29, 0.717) is 18.2 Å². The second kappa shape index (κ2) is 5.81. The zero-order valence-corrected chi connectivity index (χ0v) is 8.75. The van der Waals surface area contributed by atoms with Crippen LogP contribution in [0.5, 0.6) is 0 Å². The van der Waals surface area contributed by atoms with Gasteiger partial charge in [-0.3, -0.25) is 0 Å². The van der Waals surface area contributed by atoms with Crippen LogP contribution >= 0.6 is 0 Å². The maximum atomic E-state index is 10.5. The molecule has 0 aromatic rings. The summed E-state index contributed by atoms with van der Waals surface area (Å²) in [6.45, 7) is 2.31. The number of carbonyl (C=O) groups is 1. The summed E-state index contributed by atoms with van der Waals surface area (Å²) in [4.78, 5) is 10.5. The molecule has 2 N–H and O–H groups in total. The highest BCUT2D eigenvalue weighted by Crippen LogP contribution is 2.17. The van der Waals surface area contributed by atoms with Gasteiger partial charge >= 0.3 is 5.97 Å². The van der Waals surface area contributed by atoms with Gasteiger partial charge in [-0.1, -0.05) is 25.3 Å². The van der Waals surface area contributed by atoms with Crippen LogP contribution in [0.15, 0.2) is 11.6 Å². The van der Waals surface area contributed by atoms with E-state index >= 15 is 0 Å². The molecule has 80 valence electrons. The van der Waals surface area contributed by atoms with E-state index in [2.05, 4.69) is 5.32 Å². The van der Waals surface area contributed by atoms with Gasteiger partial charge < -0.3 is 10.4 Å².